The SMILES string of the molecule is CN(CCC(=O)O)c1ccc([N+](=O)[O-])nc1. The number of carboxylic acid groups (broad SMARTS) is 1. The molecule has 7 nitrogen and oxygen atoms in total. The third-order valence-corrected chi connectivity index (χ3v) is 2.02. The van der Waals surface area contributed by atoms with Crippen LogP contribution in [0.5, 0.6) is 0 Å². The molecule has 0 atom stereocenters. The average Bonchev–Trinajstić information content (AvgIpc) is 2.26. The largest absolute Gasteiger partial charge is 0.481 e. The van der Waals surface area contributed by atoms with Gasteiger partial charge in [0.05, 0.1) is 12.1 Å². The number of aliphatic carboxylic acids is 1. The molecule has 0 saturated heterocycles. The number of pyridine rings is 1. The lowest BCUT2D eigenvalue weighted by Gasteiger charge is -2.15. The summed E-state index contributed by atoms with van der Waals surface area (Å²) in [5.41, 5.74) is 0.645. The smallest absolute Gasteiger partial charge is 0.363 e. The van der Waals surface area contributed by atoms with Crippen molar-refractivity contribution in [2.24, 2.45) is 0 Å². The van der Waals surface area contributed by atoms with Crippen molar-refractivity contribution in [3.63, 3.8) is 0 Å². The molecule has 1 aromatic heterocycles. The highest BCUT2D eigenvalue weighted by molar-refractivity contribution is 5.67. The minimum absolute atomic E-state index is 0.00743. The van der Waals surface area contributed by atoms with Crippen LogP contribution in [0.1, 0.15) is 6.42 Å². The van der Waals surface area contributed by atoms with Gasteiger partial charge in [0, 0.05) is 19.7 Å². The quantitative estimate of drug-likeness (QED) is 0.590. The molecule has 1 rings (SSSR count). The van der Waals surface area contributed by atoms with Gasteiger partial charge in [-0.3, -0.25) is 4.79 Å². The fourth-order valence-corrected chi connectivity index (χ4v) is 1.10. The summed E-state index contributed by atoms with van der Waals surface area (Å²) in [7, 11) is 1.70. The molecule has 0 aliphatic rings. The van der Waals surface area contributed by atoms with Gasteiger partial charge in [0.25, 0.3) is 0 Å². The fourth-order valence-electron chi connectivity index (χ4n) is 1.10. The number of hydrogen-bond donors (Lipinski definition) is 1. The lowest BCUT2D eigenvalue weighted by molar-refractivity contribution is -0.389. The monoisotopic (exact) mass is 225 g/mol. The third-order valence-electron chi connectivity index (χ3n) is 2.02. The first-order valence-corrected chi connectivity index (χ1v) is 4.54. The maximum absolute atomic E-state index is 10.3. The Morgan fingerprint density at radius 1 is 1.62 bits per heavy atom. The molecule has 0 fully saturated rings. The van der Waals surface area contributed by atoms with E-state index in [1.165, 1.54) is 18.3 Å². The van der Waals surface area contributed by atoms with Crippen LogP contribution >= 0.6 is 0 Å². The van der Waals surface area contributed by atoms with E-state index in [9.17, 15) is 14.9 Å². The Morgan fingerprint density at radius 2 is 2.31 bits per heavy atom. The third kappa shape index (κ3) is 3.19. The van der Waals surface area contributed by atoms with Gasteiger partial charge in [-0.2, -0.15) is 0 Å². The van der Waals surface area contributed by atoms with Crippen molar-refractivity contribution >= 4 is 17.5 Å². The molecule has 0 amide bonds. The predicted molar refractivity (Wildman–Crippen MR) is 56.4 cm³/mol. The highest BCUT2D eigenvalue weighted by Gasteiger charge is 2.09. The zero-order valence-electron chi connectivity index (χ0n) is 8.66. The van der Waals surface area contributed by atoms with Gasteiger partial charge in [0.2, 0.25) is 0 Å². The van der Waals surface area contributed by atoms with E-state index in [4.69, 9.17) is 5.11 Å². The minimum Gasteiger partial charge on any atom is -0.481 e. The van der Waals surface area contributed by atoms with Crippen LogP contribution in [0.15, 0.2) is 18.3 Å². The van der Waals surface area contributed by atoms with Crippen LogP contribution in [0.4, 0.5) is 11.5 Å². The van der Waals surface area contributed by atoms with E-state index >= 15 is 0 Å². The molecule has 1 heterocycles. The van der Waals surface area contributed by atoms with Crippen LogP contribution in [-0.4, -0.2) is 34.6 Å². The normalized spacial score (nSPS) is 9.81. The summed E-state index contributed by atoms with van der Waals surface area (Å²) in [5, 5.41) is 18.8. The fraction of sp³-hybridized carbons (Fsp3) is 0.333. The van der Waals surface area contributed by atoms with Gasteiger partial charge in [-0.25, -0.2) is 0 Å². The van der Waals surface area contributed by atoms with E-state index in [-0.39, 0.29) is 12.2 Å². The van der Waals surface area contributed by atoms with Crippen LogP contribution < -0.4 is 4.90 Å². The first-order valence-electron chi connectivity index (χ1n) is 4.54. The van der Waals surface area contributed by atoms with E-state index in [0.717, 1.165) is 0 Å². The minimum atomic E-state index is -0.887. The van der Waals surface area contributed by atoms with Crippen LogP contribution in [0.3, 0.4) is 0 Å². The van der Waals surface area contributed by atoms with Crippen LogP contribution in [-0.2, 0) is 4.79 Å². The Bertz CT molecular complexity index is 390. The summed E-state index contributed by atoms with van der Waals surface area (Å²) in [6.07, 6.45) is 1.35. The summed E-state index contributed by atoms with van der Waals surface area (Å²) in [4.78, 5) is 25.4. The molecule has 0 radical (unpaired) electrons. The van der Waals surface area contributed by atoms with Crippen LogP contribution in [0.25, 0.3) is 0 Å². The second-order valence-corrected chi connectivity index (χ2v) is 3.20. The van der Waals surface area contributed by atoms with Crippen molar-refractivity contribution in [2.75, 3.05) is 18.5 Å². The second-order valence-electron chi connectivity index (χ2n) is 3.20. The van der Waals surface area contributed by atoms with Crippen molar-refractivity contribution in [1.29, 1.82) is 0 Å². The average molecular weight is 225 g/mol. The summed E-state index contributed by atoms with van der Waals surface area (Å²) in [5.74, 6) is -1.11. The van der Waals surface area contributed by atoms with Crippen molar-refractivity contribution in [3.8, 4) is 0 Å². The number of carboxylic acids is 1. The van der Waals surface area contributed by atoms with Crippen molar-refractivity contribution in [2.45, 2.75) is 6.42 Å². The van der Waals surface area contributed by atoms with Gasteiger partial charge in [0.1, 0.15) is 0 Å². The maximum atomic E-state index is 10.3. The molecule has 0 aliphatic carbocycles. The van der Waals surface area contributed by atoms with Gasteiger partial charge in [-0.05, 0) is 16.0 Å². The molecule has 0 saturated carbocycles. The molecule has 86 valence electrons. The Morgan fingerprint density at radius 3 is 2.75 bits per heavy atom. The van der Waals surface area contributed by atoms with E-state index in [1.54, 1.807) is 11.9 Å². The molecule has 0 bridgehead atoms. The number of hydrogen-bond acceptors (Lipinski definition) is 5. The standard InChI is InChI=1S/C9H11N3O4/c1-11(5-4-9(13)14)7-2-3-8(10-6-7)12(15)16/h2-3,6H,4-5H2,1H3,(H,13,14). The number of nitro groups is 1. The molecule has 0 aliphatic heterocycles. The van der Waals surface area contributed by atoms with Crippen molar-refractivity contribution in [3.05, 3.63) is 28.4 Å². The Kier molecular flexibility index (Phi) is 3.76. The van der Waals surface area contributed by atoms with Crippen LogP contribution in [0.2, 0.25) is 0 Å². The number of aromatic nitrogens is 1. The number of carbonyl (C=O) groups is 1. The summed E-state index contributed by atoms with van der Waals surface area (Å²) >= 11 is 0. The highest BCUT2D eigenvalue weighted by Crippen LogP contribution is 2.14. The number of rotatable bonds is 5. The molecule has 0 aromatic carbocycles. The first-order chi connectivity index (χ1) is 7.50. The molecule has 1 N–H and O–H groups in total. The van der Waals surface area contributed by atoms with Crippen molar-refractivity contribution in [1.82, 2.24) is 4.98 Å². The lowest BCUT2D eigenvalue weighted by atomic mass is 10.3. The Labute approximate surface area is 91.5 Å². The molecule has 16 heavy (non-hydrogen) atoms. The molecule has 0 unspecified atom stereocenters. The van der Waals surface area contributed by atoms with E-state index in [2.05, 4.69) is 4.98 Å². The number of nitrogens with zero attached hydrogens (tertiary/aromatic N) is 3. The summed E-state index contributed by atoms with van der Waals surface area (Å²) < 4.78 is 0. The Balaban J connectivity index is 2.66. The summed E-state index contributed by atoms with van der Waals surface area (Å²) in [6.45, 7) is 0.328. The molecule has 1 aromatic rings. The topological polar surface area (TPSA) is 96.6 Å². The Hall–Kier alpha value is -2.18. The maximum Gasteiger partial charge on any atom is 0.363 e. The van der Waals surface area contributed by atoms with E-state index in [0.29, 0.717) is 12.2 Å². The van der Waals surface area contributed by atoms with Gasteiger partial charge in [0.15, 0.2) is 6.20 Å². The highest BCUT2D eigenvalue weighted by atomic mass is 16.6. The number of anilines is 1. The van der Waals surface area contributed by atoms with E-state index < -0.39 is 10.9 Å². The summed E-state index contributed by atoms with van der Waals surface area (Å²) in [6, 6.07) is 2.82. The first kappa shape index (κ1) is 11.9. The van der Waals surface area contributed by atoms with Gasteiger partial charge in [-0.1, -0.05) is 0 Å². The van der Waals surface area contributed by atoms with Gasteiger partial charge in [-0.15, -0.1) is 0 Å². The zero-order valence-corrected chi connectivity index (χ0v) is 8.66. The zero-order chi connectivity index (χ0) is 12.1. The van der Waals surface area contributed by atoms with Crippen LogP contribution in [0, 0.1) is 10.1 Å². The molecular formula is C9H11N3O4. The second kappa shape index (κ2) is 5.06. The molecular weight excluding hydrogens is 214 g/mol. The predicted octanol–water partition coefficient (Wildman–Crippen LogP) is 0.901. The molecule has 7 heteroatoms. The molecule has 0 spiro atoms. The van der Waals surface area contributed by atoms with Gasteiger partial charge >= 0.3 is 11.8 Å². The van der Waals surface area contributed by atoms with Gasteiger partial charge < -0.3 is 20.1 Å². The lowest BCUT2D eigenvalue weighted by Crippen LogP contribution is -2.21. The van der Waals surface area contributed by atoms with E-state index in [1.807, 2.05) is 0 Å². The van der Waals surface area contributed by atoms with Crippen molar-refractivity contribution < 1.29 is 14.8 Å².